The summed E-state index contributed by atoms with van der Waals surface area (Å²) in [6.45, 7) is 8.50. The third-order valence-corrected chi connectivity index (χ3v) is 6.03. The van der Waals surface area contributed by atoms with Crippen LogP contribution in [0.1, 0.15) is 38.9 Å². The molecule has 41 heavy (non-hydrogen) atoms. The molecule has 2 rings (SSSR count). The largest absolute Gasteiger partial charge is 0.441 e. The number of alkyl halides is 3. The van der Waals surface area contributed by atoms with E-state index in [-0.39, 0.29) is 29.0 Å². The van der Waals surface area contributed by atoms with Gasteiger partial charge in [-0.3, -0.25) is 14.6 Å². The van der Waals surface area contributed by atoms with Gasteiger partial charge in [-0.05, 0) is 44.2 Å². The van der Waals surface area contributed by atoms with Crippen molar-refractivity contribution >= 4 is 40.7 Å². The van der Waals surface area contributed by atoms with E-state index < -0.39 is 49.4 Å². The van der Waals surface area contributed by atoms with Gasteiger partial charge in [0.25, 0.3) is 0 Å². The predicted molar refractivity (Wildman–Crippen MR) is 152 cm³/mol. The number of nitrogens with one attached hydrogen (secondary N) is 2. The molecule has 0 saturated heterocycles. The van der Waals surface area contributed by atoms with Crippen LogP contribution >= 0.6 is 23.4 Å². The molecular formula is C26H35ClF4N4O5S. The number of rotatable bonds is 11. The molecule has 4 N–H and O–H groups in total. The van der Waals surface area contributed by atoms with Crippen LogP contribution in [0.2, 0.25) is 5.02 Å². The minimum absolute atomic E-state index is 0.116. The second-order valence-electron chi connectivity index (χ2n) is 8.25. The highest BCUT2D eigenvalue weighted by molar-refractivity contribution is 8.16. The maximum atomic E-state index is 13.4. The molecule has 1 aromatic carbocycles. The normalized spacial score (nSPS) is 13.4. The first-order chi connectivity index (χ1) is 19.2. The van der Waals surface area contributed by atoms with Crippen LogP contribution in [0.5, 0.6) is 0 Å². The van der Waals surface area contributed by atoms with Gasteiger partial charge in [0, 0.05) is 13.5 Å². The number of aromatic nitrogens is 1. The quantitative estimate of drug-likeness (QED) is 0.119. The molecular weight excluding hydrogens is 592 g/mol. The molecule has 230 valence electrons. The van der Waals surface area contributed by atoms with Gasteiger partial charge in [0.15, 0.2) is 0 Å². The van der Waals surface area contributed by atoms with E-state index >= 15 is 0 Å². The second kappa shape index (κ2) is 20.0. The number of halogens is 5. The zero-order valence-corrected chi connectivity index (χ0v) is 24.6. The lowest BCUT2D eigenvalue weighted by Gasteiger charge is -2.25. The van der Waals surface area contributed by atoms with Gasteiger partial charge in [0.05, 0.1) is 35.5 Å². The Labute approximate surface area is 245 Å². The number of aliphatic hydroxyl groups excluding tert-OH is 2. The smallest absolute Gasteiger partial charge is 0.389 e. The summed E-state index contributed by atoms with van der Waals surface area (Å²) < 4.78 is 55.6. The Bertz CT molecular complexity index is 1100. The van der Waals surface area contributed by atoms with E-state index in [9.17, 15) is 32.3 Å². The van der Waals surface area contributed by atoms with Crippen molar-refractivity contribution in [1.29, 1.82) is 0 Å². The summed E-state index contributed by atoms with van der Waals surface area (Å²) >= 11 is 6.78. The zero-order valence-electron chi connectivity index (χ0n) is 23.0. The number of oxazole rings is 1. The van der Waals surface area contributed by atoms with E-state index in [1.165, 1.54) is 30.8 Å². The molecule has 0 aliphatic carbocycles. The predicted octanol–water partition coefficient (Wildman–Crippen LogP) is 5.05. The van der Waals surface area contributed by atoms with Crippen LogP contribution < -0.4 is 10.6 Å². The number of aliphatic hydroxyl groups is 2. The van der Waals surface area contributed by atoms with Gasteiger partial charge in [0.1, 0.15) is 22.7 Å². The summed E-state index contributed by atoms with van der Waals surface area (Å²) in [5, 5.41) is 24.6. The van der Waals surface area contributed by atoms with Gasteiger partial charge < -0.3 is 25.3 Å². The van der Waals surface area contributed by atoms with Gasteiger partial charge in [-0.25, -0.2) is 9.37 Å². The van der Waals surface area contributed by atoms with E-state index in [4.69, 9.17) is 21.1 Å². The van der Waals surface area contributed by atoms with Crippen molar-refractivity contribution < 1.29 is 41.8 Å². The molecule has 0 fully saturated rings. The number of aliphatic imine (C=N–C) groups is 1. The van der Waals surface area contributed by atoms with Gasteiger partial charge >= 0.3 is 6.18 Å². The Morgan fingerprint density at radius 2 is 1.98 bits per heavy atom. The van der Waals surface area contributed by atoms with E-state index in [0.717, 1.165) is 18.2 Å². The minimum Gasteiger partial charge on any atom is -0.441 e. The summed E-state index contributed by atoms with van der Waals surface area (Å²) in [7, 11) is 1.37. The Kier molecular flexibility index (Phi) is 18.6. The molecule has 15 heteroatoms. The van der Waals surface area contributed by atoms with Crippen molar-refractivity contribution in [3.8, 4) is 11.5 Å². The molecule has 3 unspecified atom stereocenters. The lowest BCUT2D eigenvalue weighted by Crippen LogP contribution is -2.49. The molecule has 0 spiro atoms. The number of carbonyl (C=O) groups is 2. The Hall–Kier alpha value is -2.94. The molecule has 0 saturated carbocycles. The maximum absolute atomic E-state index is 13.4. The summed E-state index contributed by atoms with van der Waals surface area (Å²) in [4.78, 5) is 29.3. The highest BCUT2D eigenvalue weighted by Gasteiger charge is 2.32. The van der Waals surface area contributed by atoms with E-state index in [2.05, 4.69) is 27.2 Å². The lowest BCUT2D eigenvalue weighted by atomic mass is 10.1. The number of nitrogens with zero attached hydrogens (tertiary/aromatic N) is 2. The molecule has 0 radical (unpaired) electrons. The number of hydrogen-bond acceptors (Lipinski definition) is 8. The number of carbonyl (C=O) groups excluding carboxylic acids is 2. The molecule has 0 bridgehead atoms. The molecule has 1 heterocycles. The fraction of sp³-hybridized carbons (Fsp3) is 0.462. The summed E-state index contributed by atoms with van der Waals surface area (Å²) in [6, 6.07) is 3.27. The highest BCUT2D eigenvalue weighted by Crippen LogP contribution is 2.29. The SMILES string of the molecule is C=CSC(=NC)C(O)C(CCC(F)(F)F)NC(=O)CNC=O.CCC(C)O.Cc1cnc(-c2c(F)cccc2Cl)o1. The van der Waals surface area contributed by atoms with Crippen LogP contribution in [-0.2, 0) is 9.59 Å². The fourth-order valence-electron chi connectivity index (χ4n) is 2.70. The van der Waals surface area contributed by atoms with Gasteiger partial charge in [0.2, 0.25) is 18.2 Å². The first-order valence-corrected chi connectivity index (χ1v) is 13.5. The first-order valence-electron chi connectivity index (χ1n) is 12.2. The van der Waals surface area contributed by atoms with Crippen LogP contribution in [0, 0.1) is 12.7 Å². The van der Waals surface area contributed by atoms with Crippen molar-refractivity contribution in [1.82, 2.24) is 15.6 Å². The van der Waals surface area contributed by atoms with Gasteiger partial charge in [-0.2, -0.15) is 13.2 Å². The van der Waals surface area contributed by atoms with Gasteiger partial charge in [-0.15, -0.1) is 0 Å². The summed E-state index contributed by atoms with van der Waals surface area (Å²) in [6.07, 6.45) is -4.96. The summed E-state index contributed by atoms with van der Waals surface area (Å²) in [5.41, 5.74) is 0.210. The number of benzene rings is 1. The zero-order chi connectivity index (χ0) is 31.6. The highest BCUT2D eigenvalue weighted by atomic mass is 35.5. The average Bonchev–Trinajstić information content (AvgIpc) is 3.33. The van der Waals surface area contributed by atoms with Crippen molar-refractivity contribution in [3.63, 3.8) is 0 Å². The van der Waals surface area contributed by atoms with Crippen LogP contribution in [0.3, 0.4) is 0 Å². The third-order valence-electron chi connectivity index (χ3n) is 4.88. The van der Waals surface area contributed by atoms with E-state index in [0.29, 0.717) is 10.8 Å². The maximum Gasteiger partial charge on any atom is 0.389 e. The molecule has 0 aliphatic heterocycles. The van der Waals surface area contributed by atoms with Crippen LogP contribution in [0.15, 0.2) is 45.8 Å². The van der Waals surface area contributed by atoms with E-state index in [1.54, 1.807) is 19.9 Å². The number of hydrogen-bond donors (Lipinski definition) is 4. The average molecular weight is 627 g/mol. The van der Waals surface area contributed by atoms with Crippen LogP contribution in [0.25, 0.3) is 11.5 Å². The minimum atomic E-state index is -4.42. The molecule has 0 aliphatic rings. The standard InChI is InChI=1S/C12H18F3N3O3S.C10H7ClFNO.C4H10O/c1-3-22-11(16-2)10(21)8(4-5-12(13,14)15)18-9(20)6-17-7-19;1-6-5-13-10(14-6)9-7(11)3-2-4-8(9)12;1-3-4(2)5/h3,7-8,10,21H,1,4-6H2,2H3,(H,17,19)(H,18,20);2-5H,1H3;4-5H,3H2,1-2H3. The molecule has 3 atom stereocenters. The number of aryl methyl sites for hydroxylation is 1. The monoisotopic (exact) mass is 626 g/mol. The number of amides is 2. The molecule has 2 amide bonds. The van der Waals surface area contributed by atoms with Gasteiger partial charge in [-0.1, -0.05) is 42.9 Å². The third kappa shape index (κ3) is 16.2. The van der Waals surface area contributed by atoms with Crippen molar-refractivity contribution in [2.24, 2.45) is 4.99 Å². The number of thioether (sulfide) groups is 1. The fourth-order valence-corrected chi connectivity index (χ4v) is 3.53. The van der Waals surface area contributed by atoms with Crippen molar-refractivity contribution in [2.75, 3.05) is 13.6 Å². The van der Waals surface area contributed by atoms with Crippen LogP contribution in [-0.4, -0.2) is 70.6 Å². The van der Waals surface area contributed by atoms with Crippen molar-refractivity contribution in [3.05, 3.63) is 53.0 Å². The lowest BCUT2D eigenvalue weighted by molar-refractivity contribution is -0.139. The molecule has 2 aromatic rings. The summed E-state index contributed by atoms with van der Waals surface area (Å²) in [5.74, 6) is -0.304. The molecule has 1 aromatic heterocycles. The van der Waals surface area contributed by atoms with Crippen molar-refractivity contribution in [2.45, 2.75) is 64.5 Å². The Morgan fingerprint density at radius 1 is 1.34 bits per heavy atom. The molecule has 9 nitrogen and oxygen atoms in total. The second-order valence-corrected chi connectivity index (χ2v) is 9.64. The van der Waals surface area contributed by atoms with E-state index in [1.807, 2.05) is 6.92 Å². The first kappa shape index (κ1) is 38.1. The Morgan fingerprint density at radius 3 is 2.41 bits per heavy atom. The topological polar surface area (TPSA) is 137 Å². The van der Waals surface area contributed by atoms with Crippen LogP contribution in [0.4, 0.5) is 17.6 Å². The Balaban J connectivity index is 0.000000709.